The first-order valence-electron chi connectivity index (χ1n) is 7.80. The minimum atomic E-state index is -3.09. The van der Waals surface area contributed by atoms with Gasteiger partial charge in [0.25, 0.3) is 0 Å². The molecule has 0 aliphatic heterocycles. The summed E-state index contributed by atoms with van der Waals surface area (Å²) < 4.78 is 24.2. The smallest absolute Gasteiger partial charge is 0.191 e. The standard InChI is InChI=1S/C17H23N3O2S2.HI/c1-18-17(20-13-16-9-5-11-23-16)19-10-6-12-24(21,22)14-15-7-3-2-4-8-15;/h2-5,7-9,11H,6,10,12-14H2,1H3,(H2,18,19,20);1H. The molecule has 138 valence electrons. The van der Waals surface area contributed by atoms with Gasteiger partial charge in [0.2, 0.25) is 0 Å². The molecule has 2 rings (SSSR count). The lowest BCUT2D eigenvalue weighted by molar-refractivity contribution is 0.591. The van der Waals surface area contributed by atoms with E-state index in [0.717, 1.165) is 5.56 Å². The van der Waals surface area contributed by atoms with Gasteiger partial charge in [0.05, 0.1) is 18.1 Å². The Bertz CT molecular complexity index is 733. The van der Waals surface area contributed by atoms with E-state index in [1.165, 1.54) is 4.88 Å². The minimum absolute atomic E-state index is 0. The predicted molar refractivity (Wildman–Crippen MR) is 116 cm³/mol. The number of rotatable bonds is 8. The van der Waals surface area contributed by atoms with E-state index < -0.39 is 9.84 Å². The first-order chi connectivity index (χ1) is 11.6. The van der Waals surface area contributed by atoms with Crippen LogP contribution in [0.15, 0.2) is 52.8 Å². The van der Waals surface area contributed by atoms with Crippen LogP contribution >= 0.6 is 35.3 Å². The molecule has 0 unspecified atom stereocenters. The van der Waals surface area contributed by atoms with Gasteiger partial charge < -0.3 is 10.6 Å². The first kappa shape index (κ1) is 21.9. The van der Waals surface area contributed by atoms with Crippen LogP contribution in [-0.2, 0) is 22.1 Å². The van der Waals surface area contributed by atoms with E-state index >= 15 is 0 Å². The summed E-state index contributed by atoms with van der Waals surface area (Å²) in [7, 11) is -1.38. The lowest BCUT2D eigenvalue weighted by Gasteiger charge is -2.11. The summed E-state index contributed by atoms with van der Waals surface area (Å²) in [5.74, 6) is 0.944. The molecule has 25 heavy (non-hydrogen) atoms. The highest BCUT2D eigenvalue weighted by Gasteiger charge is 2.11. The van der Waals surface area contributed by atoms with Gasteiger partial charge in [0.15, 0.2) is 15.8 Å². The Morgan fingerprint density at radius 2 is 1.88 bits per heavy atom. The average molecular weight is 493 g/mol. The van der Waals surface area contributed by atoms with E-state index in [1.807, 2.05) is 41.8 Å². The normalized spacial score (nSPS) is 11.6. The second-order valence-corrected chi connectivity index (χ2v) is 8.58. The van der Waals surface area contributed by atoms with Crippen LogP contribution in [0.5, 0.6) is 0 Å². The molecular formula is C17H24IN3O2S2. The van der Waals surface area contributed by atoms with Crippen LogP contribution in [0, 0.1) is 0 Å². The molecule has 1 aromatic heterocycles. The molecule has 0 saturated carbocycles. The fourth-order valence-corrected chi connectivity index (χ4v) is 4.28. The minimum Gasteiger partial charge on any atom is -0.356 e. The van der Waals surface area contributed by atoms with Crippen LogP contribution in [0.3, 0.4) is 0 Å². The molecule has 0 fully saturated rings. The molecule has 8 heteroatoms. The number of halogens is 1. The van der Waals surface area contributed by atoms with Gasteiger partial charge in [0.1, 0.15) is 0 Å². The Kier molecular flexibility index (Phi) is 10.1. The summed E-state index contributed by atoms with van der Waals surface area (Å²) in [5, 5.41) is 8.39. The summed E-state index contributed by atoms with van der Waals surface area (Å²) in [6, 6.07) is 13.3. The van der Waals surface area contributed by atoms with Gasteiger partial charge in [-0.2, -0.15) is 0 Å². The fourth-order valence-electron chi connectivity index (χ4n) is 2.20. The molecule has 5 nitrogen and oxygen atoms in total. The van der Waals surface area contributed by atoms with E-state index in [4.69, 9.17) is 0 Å². The molecule has 0 bridgehead atoms. The number of guanidine groups is 1. The Morgan fingerprint density at radius 3 is 2.52 bits per heavy atom. The highest BCUT2D eigenvalue weighted by Crippen LogP contribution is 2.08. The number of benzene rings is 1. The van der Waals surface area contributed by atoms with Crippen molar-refractivity contribution in [2.75, 3.05) is 19.3 Å². The highest BCUT2D eigenvalue weighted by atomic mass is 127. The zero-order valence-corrected chi connectivity index (χ0v) is 18.1. The van der Waals surface area contributed by atoms with Crippen LogP contribution in [0.1, 0.15) is 16.9 Å². The number of nitrogens with one attached hydrogen (secondary N) is 2. The number of nitrogens with zero attached hydrogens (tertiary/aromatic N) is 1. The summed E-state index contributed by atoms with van der Waals surface area (Å²) in [5.41, 5.74) is 0.832. The quantitative estimate of drug-likeness (QED) is 0.257. The van der Waals surface area contributed by atoms with Crippen molar-refractivity contribution < 1.29 is 8.42 Å². The molecule has 0 radical (unpaired) electrons. The van der Waals surface area contributed by atoms with Gasteiger partial charge >= 0.3 is 0 Å². The van der Waals surface area contributed by atoms with E-state index in [2.05, 4.69) is 21.7 Å². The zero-order chi connectivity index (χ0) is 17.3. The molecular weight excluding hydrogens is 469 g/mol. The monoisotopic (exact) mass is 493 g/mol. The third-order valence-electron chi connectivity index (χ3n) is 3.39. The summed E-state index contributed by atoms with van der Waals surface area (Å²) in [6.07, 6.45) is 0.550. The highest BCUT2D eigenvalue weighted by molar-refractivity contribution is 14.0. The SMILES string of the molecule is CN=C(NCCCS(=O)(=O)Cc1ccccc1)NCc1cccs1.I. The Hall–Kier alpha value is -1.13. The molecule has 0 aliphatic rings. The number of thiophene rings is 1. The molecule has 0 amide bonds. The van der Waals surface area contributed by atoms with Crippen LogP contribution in [0.2, 0.25) is 0 Å². The largest absolute Gasteiger partial charge is 0.356 e. The number of hydrogen-bond donors (Lipinski definition) is 2. The van der Waals surface area contributed by atoms with Gasteiger partial charge in [-0.25, -0.2) is 8.42 Å². The van der Waals surface area contributed by atoms with Crippen LogP contribution in [0.4, 0.5) is 0 Å². The van der Waals surface area contributed by atoms with Gasteiger partial charge in [0, 0.05) is 18.5 Å². The van der Waals surface area contributed by atoms with Crippen molar-refractivity contribution in [2.24, 2.45) is 4.99 Å². The molecule has 2 aromatic rings. The molecule has 0 spiro atoms. The summed E-state index contributed by atoms with van der Waals surface area (Å²) in [4.78, 5) is 5.36. The van der Waals surface area contributed by atoms with E-state index in [0.29, 0.717) is 25.5 Å². The zero-order valence-electron chi connectivity index (χ0n) is 14.1. The number of sulfone groups is 1. The third-order valence-corrected chi connectivity index (χ3v) is 5.95. The van der Waals surface area contributed by atoms with Crippen LogP contribution < -0.4 is 10.6 Å². The number of aliphatic imine (C=N–C) groups is 1. The second-order valence-electron chi connectivity index (χ2n) is 5.36. The predicted octanol–water partition coefficient (Wildman–Crippen LogP) is 3.04. The number of hydrogen-bond acceptors (Lipinski definition) is 4. The molecule has 0 aliphatic carbocycles. The van der Waals surface area contributed by atoms with Gasteiger partial charge in [-0.05, 0) is 23.4 Å². The maximum absolute atomic E-state index is 12.1. The Labute approximate surface area is 170 Å². The third kappa shape index (κ3) is 8.68. The van der Waals surface area contributed by atoms with Gasteiger partial charge in [-0.3, -0.25) is 4.99 Å². The molecule has 1 aromatic carbocycles. The Morgan fingerprint density at radius 1 is 1.12 bits per heavy atom. The summed E-state index contributed by atoms with van der Waals surface area (Å²) in [6.45, 7) is 1.28. The van der Waals surface area contributed by atoms with Gasteiger partial charge in [-0.15, -0.1) is 35.3 Å². The van der Waals surface area contributed by atoms with Crippen LogP contribution in [0.25, 0.3) is 0 Å². The summed E-state index contributed by atoms with van der Waals surface area (Å²) >= 11 is 1.68. The van der Waals surface area contributed by atoms with Crippen molar-refractivity contribution in [3.8, 4) is 0 Å². The second kappa shape index (κ2) is 11.5. The lowest BCUT2D eigenvalue weighted by Crippen LogP contribution is -2.37. The van der Waals surface area contributed by atoms with Crippen molar-refractivity contribution in [3.05, 3.63) is 58.3 Å². The van der Waals surface area contributed by atoms with Crippen molar-refractivity contribution in [1.82, 2.24) is 10.6 Å². The van der Waals surface area contributed by atoms with Crippen molar-refractivity contribution in [3.63, 3.8) is 0 Å². The maximum Gasteiger partial charge on any atom is 0.191 e. The molecule has 1 heterocycles. The van der Waals surface area contributed by atoms with E-state index in [1.54, 1.807) is 18.4 Å². The van der Waals surface area contributed by atoms with Gasteiger partial charge in [-0.1, -0.05) is 36.4 Å². The van der Waals surface area contributed by atoms with Crippen LogP contribution in [-0.4, -0.2) is 33.7 Å². The van der Waals surface area contributed by atoms with Crippen molar-refractivity contribution >= 4 is 51.1 Å². The fraction of sp³-hybridized carbons (Fsp3) is 0.353. The van der Waals surface area contributed by atoms with Crippen molar-refractivity contribution in [1.29, 1.82) is 0 Å². The maximum atomic E-state index is 12.1. The topological polar surface area (TPSA) is 70.6 Å². The molecule has 2 N–H and O–H groups in total. The lowest BCUT2D eigenvalue weighted by atomic mass is 10.2. The van der Waals surface area contributed by atoms with Crippen molar-refractivity contribution in [2.45, 2.75) is 18.7 Å². The van der Waals surface area contributed by atoms with E-state index in [9.17, 15) is 8.42 Å². The Balaban J connectivity index is 0.00000312. The first-order valence-corrected chi connectivity index (χ1v) is 10.5. The molecule has 0 atom stereocenters. The average Bonchev–Trinajstić information content (AvgIpc) is 3.08. The molecule has 0 saturated heterocycles. The van der Waals surface area contributed by atoms with E-state index in [-0.39, 0.29) is 35.5 Å².